The second-order valence-electron chi connectivity index (χ2n) is 5.10. The normalized spacial score (nSPS) is 12.8. The molecule has 0 radical (unpaired) electrons. The van der Waals surface area contributed by atoms with Crippen molar-refractivity contribution in [1.82, 2.24) is 5.32 Å². The first-order valence-electron chi connectivity index (χ1n) is 6.45. The molecule has 1 N–H and O–H groups in total. The molecule has 0 saturated heterocycles. The van der Waals surface area contributed by atoms with Crippen LogP contribution >= 0.6 is 22.9 Å². The molecular weight excluding hydrogens is 278 g/mol. The molecule has 1 aromatic carbocycles. The first-order chi connectivity index (χ1) is 9.11. The van der Waals surface area contributed by atoms with E-state index in [1.54, 1.807) is 11.3 Å². The maximum Gasteiger partial charge on any atom is 0.253 e. The van der Waals surface area contributed by atoms with Crippen molar-refractivity contribution < 1.29 is 4.79 Å². The summed E-state index contributed by atoms with van der Waals surface area (Å²) < 4.78 is 1.14. The Hall–Kier alpha value is -1.06. The topological polar surface area (TPSA) is 29.1 Å². The van der Waals surface area contributed by atoms with Gasteiger partial charge in [-0.3, -0.25) is 4.79 Å². The van der Waals surface area contributed by atoms with Gasteiger partial charge in [0.25, 0.3) is 5.91 Å². The van der Waals surface area contributed by atoms with Gasteiger partial charge in [0.1, 0.15) is 0 Å². The van der Waals surface area contributed by atoms with Crippen molar-refractivity contribution >= 4 is 38.9 Å². The third kappa shape index (κ3) is 3.48. The molecule has 2 rings (SSSR count). The van der Waals surface area contributed by atoms with Gasteiger partial charge >= 0.3 is 0 Å². The largest absolute Gasteiger partial charge is 0.348 e. The lowest BCUT2D eigenvalue weighted by Crippen LogP contribution is -2.37. The standard InChI is InChI=1S/C15H18ClNOS/c1-10(2)7-11(8-16)17-15(18)13-9-19-14-6-4-3-5-12(13)14/h3-6,9-11H,7-8H2,1-2H3,(H,17,18). The van der Waals surface area contributed by atoms with Crippen molar-refractivity contribution in [3.63, 3.8) is 0 Å². The molecule has 4 heteroatoms. The number of benzene rings is 1. The van der Waals surface area contributed by atoms with Gasteiger partial charge in [-0.05, 0) is 18.4 Å². The van der Waals surface area contributed by atoms with Gasteiger partial charge in [-0.1, -0.05) is 32.0 Å². The van der Waals surface area contributed by atoms with E-state index in [9.17, 15) is 4.79 Å². The third-order valence-electron chi connectivity index (χ3n) is 3.00. The van der Waals surface area contributed by atoms with Gasteiger partial charge in [0.15, 0.2) is 0 Å². The van der Waals surface area contributed by atoms with E-state index in [0.29, 0.717) is 11.8 Å². The molecule has 1 aromatic heterocycles. The van der Waals surface area contributed by atoms with Crippen LogP contribution in [0.5, 0.6) is 0 Å². The van der Waals surface area contributed by atoms with Crippen molar-refractivity contribution in [2.24, 2.45) is 5.92 Å². The highest BCUT2D eigenvalue weighted by atomic mass is 35.5. The van der Waals surface area contributed by atoms with E-state index in [1.165, 1.54) is 0 Å². The van der Waals surface area contributed by atoms with Crippen LogP contribution in [0, 0.1) is 5.92 Å². The molecule has 0 aliphatic carbocycles. The minimum atomic E-state index is -0.0243. The fourth-order valence-corrected chi connectivity index (χ4v) is 3.29. The number of thiophene rings is 1. The molecular formula is C15H18ClNOS. The minimum Gasteiger partial charge on any atom is -0.348 e. The number of alkyl halides is 1. The Bertz CT molecular complexity index is 564. The molecule has 0 spiro atoms. The summed E-state index contributed by atoms with van der Waals surface area (Å²) >= 11 is 7.52. The van der Waals surface area contributed by atoms with Crippen LogP contribution in [0.3, 0.4) is 0 Å². The Morgan fingerprint density at radius 3 is 2.79 bits per heavy atom. The Labute approximate surface area is 122 Å². The number of nitrogens with one attached hydrogen (secondary N) is 1. The van der Waals surface area contributed by atoms with Crippen LogP contribution in [-0.4, -0.2) is 17.8 Å². The zero-order valence-electron chi connectivity index (χ0n) is 11.2. The van der Waals surface area contributed by atoms with Gasteiger partial charge in [-0.25, -0.2) is 0 Å². The lowest BCUT2D eigenvalue weighted by atomic mass is 10.0. The molecule has 0 fully saturated rings. The van der Waals surface area contributed by atoms with Gasteiger partial charge in [0.2, 0.25) is 0 Å². The molecule has 1 unspecified atom stereocenters. The number of carbonyl (C=O) groups excluding carboxylic acids is 1. The number of hydrogen-bond donors (Lipinski definition) is 1. The summed E-state index contributed by atoms with van der Waals surface area (Å²) in [5.41, 5.74) is 0.750. The average molecular weight is 296 g/mol. The molecule has 0 aliphatic rings. The Morgan fingerprint density at radius 2 is 2.11 bits per heavy atom. The smallest absolute Gasteiger partial charge is 0.253 e. The fourth-order valence-electron chi connectivity index (χ4n) is 2.15. The Morgan fingerprint density at radius 1 is 1.37 bits per heavy atom. The highest BCUT2D eigenvalue weighted by Crippen LogP contribution is 2.25. The predicted octanol–water partition coefficient (Wildman–Crippen LogP) is 4.28. The quantitative estimate of drug-likeness (QED) is 0.819. The van der Waals surface area contributed by atoms with Crippen molar-refractivity contribution in [1.29, 1.82) is 0 Å². The summed E-state index contributed by atoms with van der Waals surface area (Å²) in [5.74, 6) is 0.943. The first kappa shape index (κ1) is 14.4. The van der Waals surface area contributed by atoms with Crippen molar-refractivity contribution in [3.05, 3.63) is 35.2 Å². The van der Waals surface area contributed by atoms with Gasteiger partial charge in [-0.15, -0.1) is 22.9 Å². The van der Waals surface area contributed by atoms with Crippen LogP contribution < -0.4 is 5.32 Å². The molecule has 1 amide bonds. The highest BCUT2D eigenvalue weighted by molar-refractivity contribution is 7.17. The third-order valence-corrected chi connectivity index (χ3v) is 4.34. The molecule has 0 saturated carbocycles. The monoisotopic (exact) mass is 295 g/mol. The predicted molar refractivity (Wildman–Crippen MR) is 83.3 cm³/mol. The lowest BCUT2D eigenvalue weighted by Gasteiger charge is -2.17. The average Bonchev–Trinajstić information content (AvgIpc) is 2.81. The molecule has 0 bridgehead atoms. The molecule has 19 heavy (non-hydrogen) atoms. The number of fused-ring (bicyclic) bond motifs is 1. The summed E-state index contributed by atoms with van der Waals surface area (Å²) in [5, 5.41) is 5.96. The van der Waals surface area contributed by atoms with Gasteiger partial charge in [0, 0.05) is 27.4 Å². The van der Waals surface area contributed by atoms with Gasteiger partial charge in [-0.2, -0.15) is 0 Å². The molecule has 2 nitrogen and oxygen atoms in total. The van der Waals surface area contributed by atoms with E-state index >= 15 is 0 Å². The summed E-state index contributed by atoms with van der Waals surface area (Å²) in [4.78, 5) is 12.3. The van der Waals surface area contributed by atoms with Crippen LogP contribution in [0.1, 0.15) is 30.6 Å². The van der Waals surface area contributed by atoms with Crippen LogP contribution in [-0.2, 0) is 0 Å². The van der Waals surface area contributed by atoms with Crippen molar-refractivity contribution in [2.75, 3.05) is 5.88 Å². The molecule has 0 aliphatic heterocycles. The number of halogens is 1. The molecule has 1 heterocycles. The maximum atomic E-state index is 12.3. The highest BCUT2D eigenvalue weighted by Gasteiger charge is 2.17. The summed E-state index contributed by atoms with van der Waals surface area (Å²) in [7, 11) is 0. The van der Waals surface area contributed by atoms with Crippen LogP contribution in [0.4, 0.5) is 0 Å². The maximum absolute atomic E-state index is 12.3. The van der Waals surface area contributed by atoms with E-state index in [4.69, 9.17) is 11.6 Å². The van der Waals surface area contributed by atoms with E-state index < -0.39 is 0 Å². The van der Waals surface area contributed by atoms with Gasteiger partial charge in [0.05, 0.1) is 5.56 Å². The Kier molecular flexibility index (Phi) is 4.83. The number of amides is 1. The minimum absolute atomic E-state index is 0.0243. The fraction of sp³-hybridized carbons (Fsp3) is 0.400. The molecule has 2 aromatic rings. The molecule has 1 atom stereocenters. The van der Waals surface area contributed by atoms with Crippen LogP contribution in [0.2, 0.25) is 0 Å². The van der Waals surface area contributed by atoms with Gasteiger partial charge < -0.3 is 5.32 Å². The lowest BCUT2D eigenvalue weighted by molar-refractivity contribution is 0.0938. The van der Waals surface area contributed by atoms with Crippen molar-refractivity contribution in [2.45, 2.75) is 26.3 Å². The van der Waals surface area contributed by atoms with Crippen LogP contribution in [0.25, 0.3) is 10.1 Å². The van der Waals surface area contributed by atoms with E-state index in [2.05, 4.69) is 19.2 Å². The van der Waals surface area contributed by atoms with E-state index in [-0.39, 0.29) is 11.9 Å². The zero-order chi connectivity index (χ0) is 13.8. The van der Waals surface area contributed by atoms with Crippen LogP contribution in [0.15, 0.2) is 29.6 Å². The van der Waals surface area contributed by atoms with E-state index in [1.807, 2.05) is 29.6 Å². The van der Waals surface area contributed by atoms with E-state index in [0.717, 1.165) is 22.1 Å². The summed E-state index contributed by atoms with van der Waals surface area (Å²) in [6.45, 7) is 4.26. The second-order valence-corrected chi connectivity index (χ2v) is 6.32. The van der Waals surface area contributed by atoms with Crippen molar-refractivity contribution in [3.8, 4) is 0 Å². The second kappa shape index (κ2) is 6.40. The zero-order valence-corrected chi connectivity index (χ0v) is 12.7. The number of carbonyl (C=O) groups is 1. The number of hydrogen-bond acceptors (Lipinski definition) is 2. The summed E-state index contributed by atoms with van der Waals surface area (Å²) in [6, 6.07) is 8.00. The summed E-state index contributed by atoms with van der Waals surface area (Å²) in [6.07, 6.45) is 0.900. The Balaban J connectivity index is 2.15. The SMILES string of the molecule is CC(C)CC(CCl)NC(=O)c1csc2ccccc12. The molecule has 102 valence electrons. The first-order valence-corrected chi connectivity index (χ1v) is 7.86. The number of rotatable bonds is 5.